The monoisotopic (exact) mass is 459 g/mol. The highest BCUT2D eigenvalue weighted by atomic mass is 35.5. The summed E-state index contributed by atoms with van der Waals surface area (Å²) in [4.78, 5) is 21.4. The van der Waals surface area contributed by atoms with Crippen molar-refractivity contribution < 1.29 is 14.3 Å². The fourth-order valence-electron chi connectivity index (χ4n) is 3.51. The van der Waals surface area contributed by atoms with Gasteiger partial charge in [0.1, 0.15) is 11.6 Å². The van der Waals surface area contributed by atoms with Crippen LogP contribution in [-0.4, -0.2) is 29.7 Å². The molecule has 1 aliphatic rings. The van der Waals surface area contributed by atoms with Gasteiger partial charge in [-0.1, -0.05) is 11.6 Å². The van der Waals surface area contributed by atoms with Gasteiger partial charge < -0.3 is 14.8 Å². The number of carbonyl (C=O) groups excluding carboxylic acids is 1. The van der Waals surface area contributed by atoms with Gasteiger partial charge in [0.2, 0.25) is 0 Å². The van der Waals surface area contributed by atoms with E-state index in [9.17, 15) is 4.79 Å². The zero-order chi connectivity index (χ0) is 21.1. The summed E-state index contributed by atoms with van der Waals surface area (Å²) in [5, 5.41) is 3.91. The lowest BCUT2D eigenvalue weighted by atomic mass is 10.1. The summed E-state index contributed by atoms with van der Waals surface area (Å²) in [5.41, 5.74) is 4.38. The summed E-state index contributed by atoms with van der Waals surface area (Å²) in [6, 6.07) is 12.7. The highest BCUT2D eigenvalue weighted by Gasteiger charge is 2.20. The molecule has 1 N–H and O–H groups in total. The minimum atomic E-state index is -0.328. The maximum Gasteiger partial charge on any atom is 0.338 e. The largest absolute Gasteiger partial charge is 0.495 e. The van der Waals surface area contributed by atoms with Gasteiger partial charge in [-0.05, 0) is 68.7 Å². The highest BCUT2D eigenvalue weighted by Crippen LogP contribution is 2.33. The average molecular weight is 460 g/mol. The summed E-state index contributed by atoms with van der Waals surface area (Å²) in [7, 11) is 1.59. The molecule has 0 radical (unpaired) electrons. The van der Waals surface area contributed by atoms with Gasteiger partial charge in [0.25, 0.3) is 0 Å². The number of benzene rings is 2. The Morgan fingerprint density at radius 1 is 1.13 bits per heavy atom. The standard InChI is InChI=1S/C23H22ClN3O3.ClH/c1-3-30-23(28)14-7-10-16(11-8-14)25-22-17-5-4-6-19(17)26-21(27-22)15-9-12-20(29-2)18(24)13-15;/h7-13H,3-6H2,1-2H3,(H,25,26,27);1H. The van der Waals surface area contributed by atoms with Crippen molar-refractivity contribution in [1.82, 2.24) is 9.97 Å². The smallest absolute Gasteiger partial charge is 0.338 e. The Labute approximate surface area is 192 Å². The van der Waals surface area contributed by atoms with E-state index in [2.05, 4.69) is 5.32 Å². The maximum atomic E-state index is 11.9. The van der Waals surface area contributed by atoms with Gasteiger partial charge in [-0.25, -0.2) is 14.8 Å². The van der Waals surface area contributed by atoms with E-state index in [-0.39, 0.29) is 18.4 Å². The summed E-state index contributed by atoms with van der Waals surface area (Å²) < 4.78 is 10.3. The van der Waals surface area contributed by atoms with E-state index in [0.29, 0.717) is 28.8 Å². The van der Waals surface area contributed by atoms with E-state index in [4.69, 9.17) is 31.0 Å². The molecule has 162 valence electrons. The summed E-state index contributed by atoms with van der Waals surface area (Å²) in [6.45, 7) is 2.14. The zero-order valence-corrected chi connectivity index (χ0v) is 18.8. The van der Waals surface area contributed by atoms with Crippen LogP contribution in [0.15, 0.2) is 42.5 Å². The number of nitrogens with one attached hydrogen (secondary N) is 1. The fraction of sp³-hybridized carbons (Fsp3) is 0.261. The molecule has 8 heteroatoms. The molecule has 0 unspecified atom stereocenters. The number of ether oxygens (including phenoxy) is 2. The van der Waals surface area contributed by atoms with Gasteiger partial charge in [0.05, 0.1) is 24.3 Å². The van der Waals surface area contributed by atoms with Crippen LogP contribution in [0.1, 0.15) is 35.0 Å². The Morgan fingerprint density at radius 3 is 2.58 bits per heavy atom. The van der Waals surface area contributed by atoms with E-state index in [1.54, 1.807) is 26.2 Å². The predicted octanol–water partition coefficient (Wildman–Crippen LogP) is 5.64. The van der Waals surface area contributed by atoms with Crippen LogP contribution in [0.25, 0.3) is 11.4 Å². The Morgan fingerprint density at radius 2 is 1.90 bits per heavy atom. The van der Waals surface area contributed by atoms with Crippen LogP contribution in [-0.2, 0) is 17.6 Å². The van der Waals surface area contributed by atoms with Crippen molar-refractivity contribution in [3.05, 3.63) is 64.3 Å². The molecule has 2 aromatic carbocycles. The molecule has 0 saturated carbocycles. The van der Waals surface area contributed by atoms with Crippen LogP contribution in [0.2, 0.25) is 5.02 Å². The van der Waals surface area contributed by atoms with Gasteiger partial charge in [-0.2, -0.15) is 0 Å². The topological polar surface area (TPSA) is 73.3 Å². The van der Waals surface area contributed by atoms with Crippen LogP contribution in [0.5, 0.6) is 5.75 Å². The van der Waals surface area contributed by atoms with Crippen molar-refractivity contribution in [2.75, 3.05) is 19.0 Å². The lowest BCUT2D eigenvalue weighted by molar-refractivity contribution is 0.0526. The molecule has 0 atom stereocenters. The first-order chi connectivity index (χ1) is 14.6. The number of nitrogens with zero attached hydrogens (tertiary/aromatic N) is 2. The van der Waals surface area contributed by atoms with Crippen LogP contribution in [0.3, 0.4) is 0 Å². The molecular formula is C23H23Cl2N3O3. The number of anilines is 2. The first-order valence-corrected chi connectivity index (χ1v) is 10.2. The second kappa shape index (κ2) is 9.98. The van der Waals surface area contributed by atoms with E-state index in [1.807, 2.05) is 30.3 Å². The molecule has 1 aromatic heterocycles. The number of esters is 1. The van der Waals surface area contributed by atoms with E-state index >= 15 is 0 Å². The normalized spacial score (nSPS) is 12.0. The lowest BCUT2D eigenvalue weighted by Crippen LogP contribution is -2.06. The fourth-order valence-corrected chi connectivity index (χ4v) is 3.77. The SMILES string of the molecule is CCOC(=O)c1ccc(Nc2nc(-c3ccc(OC)c(Cl)c3)nc3c2CCC3)cc1.Cl. The third-order valence-electron chi connectivity index (χ3n) is 5.00. The van der Waals surface area contributed by atoms with E-state index in [0.717, 1.165) is 47.6 Å². The number of halogens is 2. The Balaban J connectivity index is 0.00000272. The molecule has 0 spiro atoms. The molecule has 6 nitrogen and oxygen atoms in total. The molecule has 1 heterocycles. The first kappa shape index (κ1) is 22.8. The molecule has 4 rings (SSSR count). The van der Waals surface area contributed by atoms with Crippen LogP contribution in [0.4, 0.5) is 11.5 Å². The zero-order valence-electron chi connectivity index (χ0n) is 17.3. The van der Waals surface area contributed by atoms with Crippen molar-refractivity contribution in [2.45, 2.75) is 26.2 Å². The molecule has 0 amide bonds. The molecular weight excluding hydrogens is 437 g/mol. The summed E-state index contributed by atoms with van der Waals surface area (Å²) in [5.74, 6) is 1.68. The molecule has 0 bridgehead atoms. The number of hydrogen-bond donors (Lipinski definition) is 1. The number of methoxy groups -OCH3 is 1. The Bertz CT molecular complexity index is 1090. The molecule has 3 aromatic rings. The lowest BCUT2D eigenvalue weighted by Gasteiger charge is -2.13. The third-order valence-corrected chi connectivity index (χ3v) is 5.30. The molecule has 31 heavy (non-hydrogen) atoms. The van der Waals surface area contributed by atoms with Crippen molar-refractivity contribution in [3.63, 3.8) is 0 Å². The van der Waals surface area contributed by atoms with Crippen molar-refractivity contribution in [1.29, 1.82) is 0 Å². The number of aryl methyl sites for hydroxylation is 1. The molecule has 0 aliphatic heterocycles. The average Bonchev–Trinajstić information content (AvgIpc) is 3.23. The first-order valence-electron chi connectivity index (χ1n) is 9.87. The number of hydrogen-bond acceptors (Lipinski definition) is 6. The summed E-state index contributed by atoms with van der Waals surface area (Å²) in [6.07, 6.45) is 2.90. The van der Waals surface area contributed by atoms with E-state index in [1.165, 1.54) is 0 Å². The number of fused-ring (bicyclic) bond motifs is 1. The van der Waals surface area contributed by atoms with Crippen molar-refractivity contribution in [2.24, 2.45) is 0 Å². The number of rotatable bonds is 6. The number of aromatic nitrogens is 2. The minimum Gasteiger partial charge on any atom is -0.495 e. The maximum absolute atomic E-state index is 11.9. The molecule has 0 fully saturated rings. The number of carbonyl (C=O) groups is 1. The van der Waals surface area contributed by atoms with Gasteiger partial charge in [0.15, 0.2) is 5.82 Å². The predicted molar refractivity (Wildman–Crippen MR) is 124 cm³/mol. The Hall–Kier alpha value is -2.83. The summed E-state index contributed by atoms with van der Waals surface area (Å²) >= 11 is 6.30. The van der Waals surface area contributed by atoms with Gasteiger partial charge in [0, 0.05) is 22.5 Å². The van der Waals surface area contributed by atoms with E-state index < -0.39 is 0 Å². The van der Waals surface area contributed by atoms with Crippen molar-refractivity contribution >= 4 is 41.5 Å². The minimum absolute atomic E-state index is 0. The van der Waals surface area contributed by atoms with Crippen molar-refractivity contribution in [3.8, 4) is 17.1 Å². The van der Waals surface area contributed by atoms with Crippen LogP contribution >= 0.6 is 24.0 Å². The van der Waals surface area contributed by atoms with Crippen LogP contribution < -0.4 is 10.1 Å². The Kier molecular flexibility index (Phi) is 7.36. The second-order valence-corrected chi connectivity index (χ2v) is 7.35. The van der Waals surface area contributed by atoms with Gasteiger partial charge in [-0.3, -0.25) is 0 Å². The van der Waals surface area contributed by atoms with Gasteiger partial charge in [-0.15, -0.1) is 12.4 Å². The van der Waals surface area contributed by atoms with Crippen LogP contribution in [0, 0.1) is 0 Å². The second-order valence-electron chi connectivity index (χ2n) is 6.95. The highest BCUT2D eigenvalue weighted by molar-refractivity contribution is 6.32. The quantitative estimate of drug-likeness (QED) is 0.481. The third kappa shape index (κ3) is 4.92. The molecule has 0 saturated heterocycles. The molecule has 1 aliphatic carbocycles. The van der Waals surface area contributed by atoms with Gasteiger partial charge >= 0.3 is 5.97 Å².